The van der Waals surface area contributed by atoms with E-state index in [1.54, 1.807) is 24.3 Å². The Morgan fingerprint density at radius 3 is 2.41 bits per heavy atom. The molecule has 0 aromatic heterocycles. The van der Waals surface area contributed by atoms with Gasteiger partial charge in [-0.05, 0) is 36.2 Å². The molecule has 0 radical (unpaired) electrons. The van der Waals surface area contributed by atoms with E-state index in [1.807, 2.05) is 41.3 Å². The summed E-state index contributed by atoms with van der Waals surface area (Å²) < 4.78 is 0. The van der Waals surface area contributed by atoms with E-state index in [0.29, 0.717) is 5.02 Å². The molecule has 0 bridgehead atoms. The lowest BCUT2D eigenvalue weighted by atomic mass is 9.69. The highest BCUT2D eigenvalue weighted by Crippen LogP contribution is 2.55. The fourth-order valence-electron chi connectivity index (χ4n) is 4.43. The molecule has 2 aromatic carbocycles. The third-order valence-electron chi connectivity index (χ3n) is 5.56. The summed E-state index contributed by atoms with van der Waals surface area (Å²) in [6.07, 6.45) is 3.81. The van der Waals surface area contributed by atoms with Crippen LogP contribution in [0.25, 0.3) is 6.08 Å². The normalized spacial score (nSPS) is 24.4. The van der Waals surface area contributed by atoms with Gasteiger partial charge in [0.05, 0.1) is 24.2 Å². The number of para-hydroxylation sites is 1. The summed E-state index contributed by atoms with van der Waals surface area (Å²) in [6.45, 7) is 1.52. The molecule has 27 heavy (non-hydrogen) atoms. The van der Waals surface area contributed by atoms with Crippen molar-refractivity contribution in [2.45, 2.75) is 24.9 Å². The van der Waals surface area contributed by atoms with Crippen LogP contribution in [0.5, 0.6) is 0 Å². The predicted octanol–water partition coefficient (Wildman–Crippen LogP) is 4.33. The van der Waals surface area contributed by atoms with Crippen LogP contribution in [0.3, 0.4) is 0 Å². The summed E-state index contributed by atoms with van der Waals surface area (Å²) in [5.41, 5.74) is 1.23. The van der Waals surface area contributed by atoms with Crippen LogP contribution in [-0.2, 0) is 4.79 Å². The van der Waals surface area contributed by atoms with E-state index in [1.165, 1.54) is 6.92 Å². The molecular weight excluding hydrogens is 358 g/mol. The number of carbonyl (C=O) groups excluding carboxylic acids is 1. The Balaban J connectivity index is 1.99. The summed E-state index contributed by atoms with van der Waals surface area (Å²) in [6, 6.07) is 18.2. The zero-order valence-corrected chi connectivity index (χ0v) is 15.4. The molecule has 1 saturated heterocycles. The number of rotatable bonds is 2. The minimum atomic E-state index is -1.38. The van der Waals surface area contributed by atoms with Crippen LogP contribution in [0.15, 0.2) is 54.6 Å². The van der Waals surface area contributed by atoms with Gasteiger partial charge in [-0.3, -0.25) is 4.79 Å². The van der Waals surface area contributed by atoms with Crippen molar-refractivity contribution in [3.05, 3.63) is 70.8 Å². The summed E-state index contributed by atoms with van der Waals surface area (Å²) in [5, 5.41) is 20.8. The minimum absolute atomic E-state index is 0.0718. The molecule has 2 aliphatic heterocycles. The number of hydrogen-bond acceptors (Lipinski definition) is 4. The van der Waals surface area contributed by atoms with Gasteiger partial charge in [0.1, 0.15) is 0 Å². The van der Waals surface area contributed by atoms with E-state index >= 15 is 0 Å². The first-order valence-electron chi connectivity index (χ1n) is 8.67. The van der Waals surface area contributed by atoms with E-state index in [9.17, 15) is 15.3 Å². The third-order valence-corrected chi connectivity index (χ3v) is 5.81. The number of benzene rings is 2. The molecule has 4 nitrogen and oxygen atoms in total. The van der Waals surface area contributed by atoms with E-state index in [-0.39, 0.29) is 5.78 Å². The van der Waals surface area contributed by atoms with Crippen LogP contribution in [0.4, 0.5) is 5.69 Å². The van der Waals surface area contributed by atoms with Gasteiger partial charge in [0.2, 0.25) is 0 Å². The number of halogens is 1. The summed E-state index contributed by atoms with van der Waals surface area (Å²) in [5.74, 6) is -0.652. The highest BCUT2D eigenvalue weighted by molar-refractivity contribution is 6.30. The summed E-state index contributed by atoms with van der Waals surface area (Å²) in [4.78, 5) is 14.7. The van der Waals surface area contributed by atoms with Gasteiger partial charge in [-0.25, -0.2) is 0 Å². The summed E-state index contributed by atoms with van der Waals surface area (Å²) in [7, 11) is 0. The molecule has 2 aromatic rings. The minimum Gasteiger partial charge on any atom is -0.351 e. The monoisotopic (exact) mass is 373 g/mol. The summed E-state index contributed by atoms with van der Waals surface area (Å²) >= 11 is 6.03. The van der Waals surface area contributed by atoms with Gasteiger partial charge in [-0.15, -0.1) is 0 Å². The van der Waals surface area contributed by atoms with Gasteiger partial charge < -0.3 is 4.90 Å². The van der Waals surface area contributed by atoms with Crippen molar-refractivity contribution >= 4 is 29.1 Å². The molecule has 0 amide bonds. The molecule has 0 saturated carbocycles. The highest BCUT2D eigenvalue weighted by Gasteiger charge is 2.62. The standard InChI is InChI=1S/C22H16ClN3O/c1-14(27)21-20(16-6-9-17(23)10-7-16)22(12-24,13-25)19-11-8-15-4-2-3-5-18(15)26(19)21/h2-11,19-21H,1H3/t19-,20-,21-/m1/s1. The lowest BCUT2D eigenvalue weighted by Crippen LogP contribution is -2.43. The van der Waals surface area contributed by atoms with Crippen molar-refractivity contribution in [3.8, 4) is 12.1 Å². The molecule has 0 N–H and O–H groups in total. The lowest BCUT2D eigenvalue weighted by Gasteiger charge is -2.35. The van der Waals surface area contributed by atoms with Crippen LogP contribution < -0.4 is 4.90 Å². The second-order valence-electron chi connectivity index (χ2n) is 6.95. The number of nitriles is 2. The Morgan fingerprint density at radius 1 is 1.11 bits per heavy atom. The van der Waals surface area contributed by atoms with E-state index in [0.717, 1.165) is 16.8 Å². The van der Waals surface area contributed by atoms with Crippen molar-refractivity contribution < 1.29 is 4.79 Å². The molecular formula is C22H16ClN3O. The first kappa shape index (κ1) is 17.3. The van der Waals surface area contributed by atoms with E-state index in [2.05, 4.69) is 12.1 Å². The fraction of sp³-hybridized carbons (Fsp3) is 0.227. The number of fused-ring (bicyclic) bond motifs is 3. The van der Waals surface area contributed by atoms with Gasteiger partial charge in [0.15, 0.2) is 11.2 Å². The van der Waals surface area contributed by atoms with Gasteiger partial charge in [-0.2, -0.15) is 10.5 Å². The zero-order chi connectivity index (χ0) is 19.2. The van der Waals surface area contributed by atoms with Crippen molar-refractivity contribution in [2.75, 3.05) is 4.90 Å². The largest absolute Gasteiger partial charge is 0.351 e. The van der Waals surface area contributed by atoms with Crippen LogP contribution in [0.2, 0.25) is 5.02 Å². The van der Waals surface area contributed by atoms with Crippen molar-refractivity contribution in [2.24, 2.45) is 5.41 Å². The van der Waals surface area contributed by atoms with Gasteiger partial charge in [-0.1, -0.05) is 54.1 Å². The average Bonchev–Trinajstić information content (AvgIpc) is 3.00. The van der Waals surface area contributed by atoms with Crippen molar-refractivity contribution in [1.82, 2.24) is 0 Å². The van der Waals surface area contributed by atoms with Gasteiger partial charge >= 0.3 is 0 Å². The molecule has 0 aliphatic carbocycles. The molecule has 0 spiro atoms. The number of anilines is 1. The SMILES string of the molecule is CC(=O)[C@@H]1[C@@H](c2ccc(Cl)cc2)C(C#N)(C#N)[C@H]2C=Cc3ccccc3N12. The Hall–Kier alpha value is -3.08. The number of hydrogen-bond donors (Lipinski definition) is 0. The van der Waals surface area contributed by atoms with Gasteiger partial charge in [0, 0.05) is 16.6 Å². The molecule has 0 unspecified atom stereocenters. The second-order valence-corrected chi connectivity index (χ2v) is 7.38. The predicted molar refractivity (Wildman–Crippen MR) is 104 cm³/mol. The molecule has 5 heteroatoms. The Labute approximate surface area is 162 Å². The molecule has 132 valence electrons. The first-order valence-corrected chi connectivity index (χ1v) is 9.05. The van der Waals surface area contributed by atoms with E-state index in [4.69, 9.17) is 11.6 Å². The first-order chi connectivity index (χ1) is 13.0. The van der Waals surface area contributed by atoms with Gasteiger partial charge in [0.25, 0.3) is 0 Å². The zero-order valence-electron chi connectivity index (χ0n) is 14.6. The van der Waals surface area contributed by atoms with Crippen LogP contribution in [0, 0.1) is 28.1 Å². The van der Waals surface area contributed by atoms with Crippen molar-refractivity contribution in [1.29, 1.82) is 10.5 Å². The topological polar surface area (TPSA) is 67.9 Å². The number of ketones is 1. The van der Waals surface area contributed by atoms with Crippen LogP contribution in [-0.4, -0.2) is 17.9 Å². The third kappa shape index (κ3) is 2.38. The number of carbonyl (C=O) groups is 1. The van der Waals surface area contributed by atoms with Crippen LogP contribution in [0.1, 0.15) is 24.0 Å². The highest BCUT2D eigenvalue weighted by atomic mass is 35.5. The molecule has 4 rings (SSSR count). The quantitative estimate of drug-likeness (QED) is 0.785. The smallest absolute Gasteiger partial charge is 0.176 e. The molecule has 3 atom stereocenters. The van der Waals surface area contributed by atoms with E-state index < -0.39 is 23.4 Å². The molecule has 1 fully saturated rings. The Morgan fingerprint density at radius 2 is 1.78 bits per heavy atom. The lowest BCUT2D eigenvalue weighted by molar-refractivity contribution is -0.118. The molecule has 2 heterocycles. The maximum Gasteiger partial charge on any atom is 0.176 e. The maximum absolute atomic E-state index is 12.8. The second kappa shape index (κ2) is 6.27. The number of Topliss-reactive ketones (excluding diaryl/α,β-unsaturated/α-hetero) is 1. The fourth-order valence-corrected chi connectivity index (χ4v) is 4.56. The van der Waals surface area contributed by atoms with Crippen LogP contribution >= 0.6 is 11.6 Å². The number of nitrogens with zero attached hydrogens (tertiary/aromatic N) is 3. The average molecular weight is 374 g/mol. The Kier molecular flexibility index (Phi) is 4.02. The Bertz CT molecular complexity index is 1010. The maximum atomic E-state index is 12.8. The molecule has 2 aliphatic rings. The van der Waals surface area contributed by atoms with Crippen molar-refractivity contribution in [3.63, 3.8) is 0 Å².